The van der Waals surface area contributed by atoms with E-state index >= 15 is 0 Å². The van der Waals surface area contributed by atoms with E-state index in [1.165, 1.54) is 18.2 Å². The van der Waals surface area contributed by atoms with E-state index in [1.807, 2.05) is 0 Å². The third-order valence-corrected chi connectivity index (χ3v) is 5.98. The van der Waals surface area contributed by atoms with Crippen LogP contribution in [-0.2, 0) is 14.8 Å². The highest BCUT2D eigenvalue weighted by Gasteiger charge is 2.39. The first-order valence-corrected chi connectivity index (χ1v) is 9.16. The van der Waals surface area contributed by atoms with Crippen molar-refractivity contribution in [3.8, 4) is 0 Å². The summed E-state index contributed by atoms with van der Waals surface area (Å²) in [4.78, 5) is 12.4. The molecule has 3 rings (SSSR count). The molecule has 0 aromatic heterocycles. The Kier molecular flexibility index (Phi) is 4.82. The van der Waals surface area contributed by atoms with Gasteiger partial charge in [0.05, 0.1) is 10.6 Å². The fraction of sp³-hybridized carbons (Fsp3) is 0.235. The van der Waals surface area contributed by atoms with Crippen LogP contribution >= 0.6 is 0 Å². The van der Waals surface area contributed by atoms with Crippen LogP contribution in [0, 0.1) is 11.6 Å². The van der Waals surface area contributed by atoms with Crippen LogP contribution in [0.4, 0.5) is 14.5 Å². The first-order valence-electron chi connectivity index (χ1n) is 7.72. The van der Waals surface area contributed by atoms with Gasteiger partial charge in [-0.05, 0) is 49.2 Å². The lowest BCUT2D eigenvalue weighted by Gasteiger charge is -2.23. The summed E-state index contributed by atoms with van der Waals surface area (Å²) in [7, 11) is -3.94. The molecule has 2 aromatic carbocycles. The van der Waals surface area contributed by atoms with E-state index in [9.17, 15) is 22.0 Å². The van der Waals surface area contributed by atoms with E-state index in [0.717, 1.165) is 28.6 Å². The third kappa shape index (κ3) is 3.54. The molecule has 2 aromatic rings. The number of hydrogen-bond donors (Lipinski definition) is 1. The van der Waals surface area contributed by atoms with Crippen molar-refractivity contribution >= 4 is 21.6 Å². The number of sulfonamides is 1. The van der Waals surface area contributed by atoms with Crippen molar-refractivity contribution in [2.24, 2.45) is 0 Å². The Labute approximate surface area is 144 Å². The first kappa shape index (κ1) is 17.5. The Hall–Kier alpha value is -2.32. The molecule has 0 radical (unpaired) electrons. The molecule has 8 heteroatoms. The molecular weight excluding hydrogens is 350 g/mol. The predicted molar refractivity (Wildman–Crippen MR) is 88.3 cm³/mol. The monoisotopic (exact) mass is 366 g/mol. The number of nitrogens with zero attached hydrogens (tertiary/aromatic N) is 1. The molecule has 1 N–H and O–H groups in total. The Bertz CT molecular complexity index is 885. The number of nitrogens with one attached hydrogen (secondary N) is 1. The molecule has 25 heavy (non-hydrogen) atoms. The maximum absolute atomic E-state index is 13.7. The van der Waals surface area contributed by atoms with Gasteiger partial charge in [0.2, 0.25) is 15.9 Å². The molecule has 132 valence electrons. The summed E-state index contributed by atoms with van der Waals surface area (Å²) in [5.74, 6) is -1.73. The van der Waals surface area contributed by atoms with Crippen LogP contribution in [0.1, 0.15) is 12.8 Å². The van der Waals surface area contributed by atoms with E-state index in [1.54, 1.807) is 6.07 Å². The summed E-state index contributed by atoms with van der Waals surface area (Å²) in [6, 6.07) is 9.16. The van der Waals surface area contributed by atoms with Crippen LogP contribution in [0.3, 0.4) is 0 Å². The summed E-state index contributed by atoms with van der Waals surface area (Å²) >= 11 is 0. The summed E-state index contributed by atoms with van der Waals surface area (Å²) in [6.45, 7) is 0.176. The molecule has 1 aliphatic heterocycles. The van der Waals surface area contributed by atoms with Gasteiger partial charge in [0, 0.05) is 6.54 Å². The average molecular weight is 366 g/mol. The van der Waals surface area contributed by atoms with Crippen molar-refractivity contribution in [3.05, 3.63) is 60.2 Å². The lowest BCUT2D eigenvalue weighted by atomic mass is 10.2. The lowest BCUT2D eigenvalue weighted by Crippen LogP contribution is -2.43. The summed E-state index contributed by atoms with van der Waals surface area (Å²) < 4.78 is 53.3. The molecule has 0 saturated carbocycles. The van der Waals surface area contributed by atoms with Crippen LogP contribution in [0.15, 0.2) is 53.4 Å². The number of hydrogen-bond acceptors (Lipinski definition) is 3. The smallest absolute Gasteiger partial charge is 0.243 e. The molecule has 1 amide bonds. The van der Waals surface area contributed by atoms with Crippen molar-refractivity contribution in [3.63, 3.8) is 0 Å². The van der Waals surface area contributed by atoms with Crippen LogP contribution in [-0.4, -0.2) is 31.2 Å². The maximum atomic E-state index is 13.7. The highest BCUT2D eigenvalue weighted by atomic mass is 32.2. The minimum absolute atomic E-state index is 0.00136. The maximum Gasteiger partial charge on any atom is 0.243 e. The first-order chi connectivity index (χ1) is 11.9. The molecule has 1 aliphatic rings. The largest absolute Gasteiger partial charge is 0.322 e. The van der Waals surface area contributed by atoms with Gasteiger partial charge in [0.1, 0.15) is 17.7 Å². The summed E-state index contributed by atoms with van der Waals surface area (Å²) in [5.41, 5.74) is -0.00136. The number of benzene rings is 2. The van der Waals surface area contributed by atoms with Gasteiger partial charge in [-0.25, -0.2) is 17.2 Å². The van der Waals surface area contributed by atoms with Crippen LogP contribution in [0.25, 0.3) is 0 Å². The second-order valence-electron chi connectivity index (χ2n) is 5.70. The SMILES string of the molecule is O=C(Nc1ccccc1F)C1CCCN1S(=O)(=O)c1ccc(F)cc1. The number of carbonyl (C=O) groups is 1. The van der Waals surface area contributed by atoms with E-state index in [-0.39, 0.29) is 17.1 Å². The van der Waals surface area contributed by atoms with Crippen LogP contribution in [0.2, 0.25) is 0 Å². The van der Waals surface area contributed by atoms with E-state index in [0.29, 0.717) is 12.8 Å². The minimum Gasteiger partial charge on any atom is -0.322 e. The number of para-hydroxylation sites is 1. The highest BCUT2D eigenvalue weighted by Crippen LogP contribution is 2.27. The number of carbonyl (C=O) groups excluding carboxylic acids is 1. The number of amides is 1. The van der Waals surface area contributed by atoms with Crippen molar-refractivity contribution < 1.29 is 22.0 Å². The Morgan fingerprint density at radius 2 is 1.76 bits per heavy atom. The van der Waals surface area contributed by atoms with Gasteiger partial charge in [-0.2, -0.15) is 4.31 Å². The molecule has 1 atom stereocenters. The average Bonchev–Trinajstić information content (AvgIpc) is 3.08. The quantitative estimate of drug-likeness (QED) is 0.905. The van der Waals surface area contributed by atoms with Crippen LogP contribution in [0.5, 0.6) is 0 Å². The molecule has 1 heterocycles. The van der Waals surface area contributed by atoms with E-state index in [2.05, 4.69) is 5.32 Å². The normalized spacial score (nSPS) is 18.2. The summed E-state index contributed by atoms with van der Waals surface area (Å²) in [5, 5.41) is 2.43. The molecule has 1 unspecified atom stereocenters. The Balaban J connectivity index is 1.83. The van der Waals surface area contributed by atoms with Gasteiger partial charge in [-0.1, -0.05) is 12.1 Å². The number of rotatable bonds is 4. The van der Waals surface area contributed by atoms with Gasteiger partial charge >= 0.3 is 0 Å². The van der Waals surface area contributed by atoms with E-state index < -0.39 is 33.6 Å². The molecule has 0 spiro atoms. The Morgan fingerprint density at radius 3 is 2.44 bits per heavy atom. The summed E-state index contributed by atoms with van der Waals surface area (Å²) in [6.07, 6.45) is 0.844. The molecule has 5 nitrogen and oxygen atoms in total. The Morgan fingerprint density at radius 1 is 1.08 bits per heavy atom. The lowest BCUT2D eigenvalue weighted by molar-refractivity contribution is -0.119. The number of halogens is 2. The fourth-order valence-electron chi connectivity index (χ4n) is 2.81. The topological polar surface area (TPSA) is 66.5 Å². The molecule has 0 bridgehead atoms. The zero-order valence-corrected chi connectivity index (χ0v) is 14.0. The molecule has 0 aliphatic carbocycles. The molecule has 1 saturated heterocycles. The molecular formula is C17H16F2N2O3S. The van der Waals surface area contributed by atoms with Gasteiger partial charge in [-0.3, -0.25) is 4.79 Å². The van der Waals surface area contributed by atoms with Crippen molar-refractivity contribution in [1.29, 1.82) is 0 Å². The zero-order valence-electron chi connectivity index (χ0n) is 13.2. The van der Waals surface area contributed by atoms with Gasteiger partial charge in [0.25, 0.3) is 0 Å². The van der Waals surface area contributed by atoms with Crippen molar-refractivity contribution in [2.45, 2.75) is 23.8 Å². The number of anilines is 1. The van der Waals surface area contributed by atoms with Gasteiger partial charge in [0.15, 0.2) is 0 Å². The van der Waals surface area contributed by atoms with Gasteiger partial charge < -0.3 is 5.32 Å². The van der Waals surface area contributed by atoms with Crippen molar-refractivity contribution in [1.82, 2.24) is 4.31 Å². The van der Waals surface area contributed by atoms with Crippen LogP contribution < -0.4 is 5.32 Å². The zero-order chi connectivity index (χ0) is 18.0. The second-order valence-corrected chi connectivity index (χ2v) is 7.59. The van der Waals surface area contributed by atoms with Gasteiger partial charge in [-0.15, -0.1) is 0 Å². The third-order valence-electron chi connectivity index (χ3n) is 4.06. The predicted octanol–water partition coefficient (Wildman–Crippen LogP) is 2.76. The van der Waals surface area contributed by atoms with E-state index in [4.69, 9.17) is 0 Å². The minimum atomic E-state index is -3.94. The fourth-order valence-corrected chi connectivity index (χ4v) is 4.47. The highest BCUT2D eigenvalue weighted by molar-refractivity contribution is 7.89. The standard InChI is InChI=1S/C17H16F2N2O3S/c18-12-7-9-13(10-8-12)25(23,24)21-11-3-6-16(21)17(22)20-15-5-2-1-4-14(15)19/h1-2,4-5,7-10,16H,3,6,11H2,(H,20,22). The molecule has 1 fully saturated rings. The van der Waals surface area contributed by atoms with Crippen molar-refractivity contribution in [2.75, 3.05) is 11.9 Å². The second kappa shape index (κ2) is 6.89.